The molecular weight excluding hydrogens is 262 g/mol. The lowest BCUT2D eigenvalue weighted by Crippen LogP contribution is -2.43. The van der Waals surface area contributed by atoms with E-state index in [2.05, 4.69) is 28.4 Å². The topological polar surface area (TPSA) is 36.9 Å². The number of nitrogens with one attached hydrogen (secondary N) is 1. The number of nitrogens with zero attached hydrogens (tertiary/aromatic N) is 2. The van der Waals surface area contributed by atoms with E-state index in [0.717, 1.165) is 24.8 Å². The molecule has 4 nitrogen and oxygen atoms in total. The fourth-order valence-electron chi connectivity index (χ4n) is 4.01. The summed E-state index contributed by atoms with van der Waals surface area (Å²) < 4.78 is 5.36. The second-order valence-electron chi connectivity index (χ2n) is 6.39. The van der Waals surface area contributed by atoms with Gasteiger partial charge in [-0.25, -0.2) is 0 Å². The summed E-state index contributed by atoms with van der Waals surface area (Å²) in [6.45, 7) is 1.96. The zero-order chi connectivity index (χ0) is 14.2. The van der Waals surface area contributed by atoms with Crippen molar-refractivity contribution in [1.82, 2.24) is 10.2 Å². The van der Waals surface area contributed by atoms with Gasteiger partial charge in [0.2, 0.25) is 0 Å². The van der Waals surface area contributed by atoms with Crippen molar-refractivity contribution in [3.05, 3.63) is 29.8 Å². The third-order valence-electron chi connectivity index (χ3n) is 5.16. The fourth-order valence-corrected chi connectivity index (χ4v) is 4.01. The van der Waals surface area contributed by atoms with Crippen molar-refractivity contribution in [3.63, 3.8) is 0 Å². The van der Waals surface area contributed by atoms with Crippen LogP contribution in [0.2, 0.25) is 0 Å². The van der Waals surface area contributed by atoms with E-state index < -0.39 is 0 Å². The maximum Gasteiger partial charge on any atom is 0.194 e. The molecule has 4 rings (SSSR count). The number of guanidine groups is 1. The molecule has 1 aromatic carbocycles. The molecule has 0 amide bonds. The Bertz CT molecular complexity index is 557. The Hall–Kier alpha value is -1.71. The Labute approximate surface area is 126 Å². The largest absolute Gasteiger partial charge is 0.497 e. The number of rotatable bonds is 2. The van der Waals surface area contributed by atoms with Gasteiger partial charge in [0.15, 0.2) is 5.96 Å². The van der Waals surface area contributed by atoms with Crippen LogP contribution in [0.25, 0.3) is 0 Å². The summed E-state index contributed by atoms with van der Waals surface area (Å²) >= 11 is 0. The minimum absolute atomic E-state index is 0.478. The Kier molecular flexibility index (Phi) is 3.24. The average molecular weight is 285 g/mol. The van der Waals surface area contributed by atoms with Crippen LogP contribution in [-0.2, 0) is 0 Å². The van der Waals surface area contributed by atoms with Gasteiger partial charge in [-0.3, -0.25) is 4.99 Å². The number of aliphatic imine (C=N–C) groups is 1. The summed E-state index contributed by atoms with van der Waals surface area (Å²) in [5.74, 6) is 2.56. The van der Waals surface area contributed by atoms with Crippen LogP contribution in [0.4, 0.5) is 0 Å². The first-order valence-corrected chi connectivity index (χ1v) is 8.07. The minimum atomic E-state index is 0.478. The molecule has 3 aliphatic rings. The predicted molar refractivity (Wildman–Crippen MR) is 83.9 cm³/mol. The summed E-state index contributed by atoms with van der Waals surface area (Å²) in [5, 5.41) is 3.64. The molecule has 1 N–H and O–H groups in total. The smallest absolute Gasteiger partial charge is 0.194 e. The Balaban J connectivity index is 1.56. The quantitative estimate of drug-likeness (QED) is 0.906. The van der Waals surface area contributed by atoms with Crippen molar-refractivity contribution >= 4 is 5.96 Å². The molecule has 3 unspecified atom stereocenters. The van der Waals surface area contributed by atoms with E-state index in [9.17, 15) is 0 Å². The van der Waals surface area contributed by atoms with Crippen LogP contribution in [0.3, 0.4) is 0 Å². The van der Waals surface area contributed by atoms with Crippen LogP contribution in [0.5, 0.6) is 5.75 Å². The Morgan fingerprint density at radius 1 is 1.29 bits per heavy atom. The third-order valence-corrected chi connectivity index (χ3v) is 5.16. The highest BCUT2D eigenvalue weighted by Gasteiger charge is 2.41. The zero-order valence-corrected chi connectivity index (χ0v) is 12.6. The van der Waals surface area contributed by atoms with Gasteiger partial charge < -0.3 is 15.0 Å². The van der Waals surface area contributed by atoms with Crippen LogP contribution in [0, 0.1) is 0 Å². The predicted octanol–water partition coefficient (Wildman–Crippen LogP) is 2.36. The van der Waals surface area contributed by atoms with E-state index >= 15 is 0 Å². The van der Waals surface area contributed by atoms with E-state index in [4.69, 9.17) is 9.73 Å². The van der Waals surface area contributed by atoms with Crippen molar-refractivity contribution in [2.24, 2.45) is 4.99 Å². The molecule has 1 aliphatic carbocycles. The number of fused-ring (bicyclic) bond motifs is 3. The maximum absolute atomic E-state index is 5.36. The highest BCUT2D eigenvalue weighted by Crippen LogP contribution is 2.33. The molecule has 0 aromatic heterocycles. The summed E-state index contributed by atoms with van der Waals surface area (Å²) in [4.78, 5) is 7.34. The van der Waals surface area contributed by atoms with Gasteiger partial charge in [0.25, 0.3) is 0 Å². The maximum atomic E-state index is 5.36. The lowest BCUT2D eigenvalue weighted by atomic mass is 9.90. The highest BCUT2D eigenvalue weighted by atomic mass is 16.5. The third kappa shape index (κ3) is 2.27. The molecule has 2 fully saturated rings. The van der Waals surface area contributed by atoms with Crippen molar-refractivity contribution < 1.29 is 4.74 Å². The molecule has 21 heavy (non-hydrogen) atoms. The molecule has 3 atom stereocenters. The number of benzene rings is 1. The average Bonchev–Trinajstić information content (AvgIpc) is 2.92. The van der Waals surface area contributed by atoms with Crippen LogP contribution >= 0.6 is 0 Å². The first-order chi connectivity index (χ1) is 10.3. The van der Waals surface area contributed by atoms with E-state index in [1.807, 2.05) is 6.07 Å². The van der Waals surface area contributed by atoms with Gasteiger partial charge in [-0.15, -0.1) is 0 Å². The van der Waals surface area contributed by atoms with Gasteiger partial charge in [-0.05, 0) is 30.5 Å². The number of hydrogen-bond donors (Lipinski definition) is 1. The highest BCUT2D eigenvalue weighted by molar-refractivity contribution is 5.84. The normalized spacial score (nSPS) is 31.0. The SMILES string of the molecule is COc1cccc(C2CN=C3NC4CCCCC4N3C2)c1. The van der Waals surface area contributed by atoms with E-state index in [0.29, 0.717) is 18.0 Å². The summed E-state index contributed by atoms with van der Waals surface area (Å²) in [5.41, 5.74) is 1.34. The standard InChI is InChI=1S/C17H23N3O/c1-21-14-6-4-5-12(9-14)13-10-18-17-19-15-7-2-3-8-16(15)20(17)11-13/h4-6,9,13,15-16H,2-3,7-8,10-11H2,1H3,(H,18,19). The molecule has 0 spiro atoms. The van der Waals surface area contributed by atoms with Gasteiger partial charge in [0, 0.05) is 18.5 Å². The summed E-state index contributed by atoms with van der Waals surface area (Å²) in [7, 11) is 1.73. The second kappa shape index (κ2) is 5.24. The van der Waals surface area contributed by atoms with Gasteiger partial charge >= 0.3 is 0 Å². The number of hydrogen-bond acceptors (Lipinski definition) is 4. The van der Waals surface area contributed by atoms with Crippen LogP contribution < -0.4 is 10.1 Å². The molecule has 4 heteroatoms. The lowest BCUT2D eigenvalue weighted by Gasteiger charge is -2.35. The van der Waals surface area contributed by atoms with Crippen molar-refractivity contribution in [2.75, 3.05) is 20.2 Å². The Morgan fingerprint density at radius 3 is 3.10 bits per heavy atom. The fraction of sp³-hybridized carbons (Fsp3) is 0.588. The first-order valence-electron chi connectivity index (χ1n) is 8.07. The van der Waals surface area contributed by atoms with Gasteiger partial charge in [0.1, 0.15) is 5.75 Å². The molecule has 0 bridgehead atoms. The molecule has 2 heterocycles. The molecule has 1 saturated carbocycles. The van der Waals surface area contributed by atoms with Crippen molar-refractivity contribution in [2.45, 2.75) is 43.7 Å². The van der Waals surface area contributed by atoms with Crippen LogP contribution in [-0.4, -0.2) is 43.1 Å². The Morgan fingerprint density at radius 2 is 2.19 bits per heavy atom. The van der Waals surface area contributed by atoms with Crippen LogP contribution in [0.15, 0.2) is 29.3 Å². The van der Waals surface area contributed by atoms with Gasteiger partial charge in [0.05, 0.1) is 19.7 Å². The molecule has 112 valence electrons. The molecule has 0 radical (unpaired) electrons. The zero-order valence-electron chi connectivity index (χ0n) is 12.6. The monoisotopic (exact) mass is 285 g/mol. The van der Waals surface area contributed by atoms with Gasteiger partial charge in [-0.2, -0.15) is 0 Å². The number of methoxy groups -OCH3 is 1. The molecule has 1 saturated heterocycles. The van der Waals surface area contributed by atoms with E-state index in [-0.39, 0.29) is 0 Å². The second-order valence-corrected chi connectivity index (χ2v) is 6.39. The molecule has 1 aromatic rings. The van der Waals surface area contributed by atoms with Crippen molar-refractivity contribution in [1.29, 1.82) is 0 Å². The van der Waals surface area contributed by atoms with Crippen LogP contribution in [0.1, 0.15) is 37.2 Å². The van der Waals surface area contributed by atoms with Crippen molar-refractivity contribution in [3.8, 4) is 5.75 Å². The van der Waals surface area contributed by atoms with E-state index in [1.54, 1.807) is 7.11 Å². The number of ether oxygens (including phenoxy) is 1. The first kappa shape index (κ1) is 13.0. The van der Waals surface area contributed by atoms with Gasteiger partial charge in [-0.1, -0.05) is 25.0 Å². The summed E-state index contributed by atoms with van der Waals surface area (Å²) in [6.07, 6.45) is 5.32. The molecular formula is C17H23N3O. The summed E-state index contributed by atoms with van der Waals surface area (Å²) in [6, 6.07) is 9.74. The minimum Gasteiger partial charge on any atom is -0.497 e. The van der Waals surface area contributed by atoms with E-state index in [1.165, 1.54) is 31.2 Å². The lowest BCUT2D eigenvalue weighted by molar-refractivity contribution is 0.234. The molecule has 2 aliphatic heterocycles.